The summed E-state index contributed by atoms with van der Waals surface area (Å²) in [4.78, 5) is 13.7. The van der Waals surface area contributed by atoms with Crippen molar-refractivity contribution in [3.8, 4) is 0 Å². The lowest BCUT2D eigenvalue weighted by Crippen LogP contribution is -2.25. The zero-order valence-electron chi connectivity index (χ0n) is 7.16. The summed E-state index contributed by atoms with van der Waals surface area (Å²) in [5, 5.41) is 3.31. The molecule has 1 aromatic rings. The number of carbonyl (C=O) groups is 1. The largest absolute Gasteiger partial charge is 0.318 e. The van der Waals surface area contributed by atoms with E-state index in [2.05, 4.69) is 5.32 Å². The van der Waals surface area contributed by atoms with Crippen LogP contribution in [-0.2, 0) is 0 Å². The van der Waals surface area contributed by atoms with E-state index >= 15 is 0 Å². The number of nitrogens with zero attached hydrogens (tertiary/aromatic N) is 1. The van der Waals surface area contributed by atoms with Gasteiger partial charge in [0.25, 0.3) is 5.91 Å². The van der Waals surface area contributed by atoms with Crippen LogP contribution >= 0.6 is 0 Å². The molecule has 3 nitrogen and oxygen atoms in total. The van der Waals surface area contributed by atoms with Crippen molar-refractivity contribution < 1.29 is 4.79 Å². The number of carbonyl (C=O) groups excluding carboxylic acids is 1. The Morgan fingerprint density at radius 1 is 1.38 bits per heavy atom. The Labute approximate surface area is 76.4 Å². The van der Waals surface area contributed by atoms with Crippen LogP contribution in [0, 0.1) is 0 Å². The summed E-state index contributed by atoms with van der Waals surface area (Å²) in [6.07, 6.45) is 0.142. The summed E-state index contributed by atoms with van der Waals surface area (Å²) < 4.78 is 0. The number of hydrogen-bond acceptors (Lipinski definition) is 2. The number of nitrogens with one attached hydrogen (secondary N) is 1. The molecule has 2 aliphatic heterocycles. The molecule has 2 aliphatic rings. The summed E-state index contributed by atoms with van der Waals surface area (Å²) in [7, 11) is 0. The maximum absolute atomic E-state index is 11.8. The molecule has 0 unspecified atom stereocenters. The molecule has 1 saturated heterocycles. The van der Waals surface area contributed by atoms with Gasteiger partial charge >= 0.3 is 0 Å². The van der Waals surface area contributed by atoms with Crippen LogP contribution in [0.25, 0.3) is 0 Å². The maximum atomic E-state index is 11.8. The van der Waals surface area contributed by atoms with Crippen molar-refractivity contribution in [2.45, 2.75) is 6.17 Å². The topological polar surface area (TPSA) is 32.3 Å². The summed E-state index contributed by atoms with van der Waals surface area (Å²) in [5.74, 6) is 0.172. The number of fused-ring (bicyclic) bond motifs is 3. The lowest BCUT2D eigenvalue weighted by Gasteiger charge is -2.14. The highest BCUT2D eigenvalue weighted by atomic mass is 16.2. The quantitative estimate of drug-likeness (QED) is 0.629. The van der Waals surface area contributed by atoms with Crippen LogP contribution in [0.5, 0.6) is 0 Å². The molecule has 3 rings (SSSR count). The fraction of sp³-hybridized carbons (Fsp3) is 0.300. The van der Waals surface area contributed by atoms with Gasteiger partial charge in [0, 0.05) is 24.2 Å². The number of rotatable bonds is 0. The third kappa shape index (κ3) is 0.795. The molecular formula is C10H10N2O. The van der Waals surface area contributed by atoms with Gasteiger partial charge in [0.2, 0.25) is 0 Å². The van der Waals surface area contributed by atoms with Crippen molar-refractivity contribution in [2.75, 3.05) is 13.1 Å². The third-order valence-electron chi connectivity index (χ3n) is 2.75. The highest BCUT2D eigenvalue weighted by Gasteiger charge is 2.38. The second-order valence-corrected chi connectivity index (χ2v) is 3.44. The van der Waals surface area contributed by atoms with Gasteiger partial charge in [-0.2, -0.15) is 0 Å². The second-order valence-electron chi connectivity index (χ2n) is 3.44. The van der Waals surface area contributed by atoms with Crippen LogP contribution in [0.2, 0.25) is 0 Å². The molecule has 13 heavy (non-hydrogen) atoms. The minimum Gasteiger partial charge on any atom is -0.318 e. The molecule has 1 N–H and O–H groups in total. The minimum absolute atomic E-state index is 0.142. The first-order valence-electron chi connectivity index (χ1n) is 4.51. The molecule has 0 radical (unpaired) electrons. The van der Waals surface area contributed by atoms with Gasteiger partial charge in [0.05, 0.1) is 0 Å². The number of benzene rings is 1. The van der Waals surface area contributed by atoms with E-state index in [9.17, 15) is 4.79 Å². The first kappa shape index (κ1) is 7.09. The molecule has 1 aromatic carbocycles. The van der Waals surface area contributed by atoms with Gasteiger partial charge in [-0.15, -0.1) is 0 Å². The van der Waals surface area contributed by atoms with Crippen molar-refractivity contribution in [3.63, 3.8) is 0 Å². The van der Waals surface area contributed by atoms with Gasteiger partial charge in [-0.1, -0.05) is 18.2 Å². The van der Waals surface area contributed by atoms with E-state index in [0.717, 1.165) is 24.2 Å². The van der Waals surface area contributed by atoms with Gasteiger partial charge in [0.1, 0.15) is 6.17 Å². The summed E-state index contributed by atoms with van der Waals surface area (Å²) in [6, 6.07) is 7.82. The Hall–Kier alpha value is -1.35. The van der Waals surface area contributed by atoms with E-state index in [1.165, 1.54) is 0 Å². The standard InChI is InChI=1S/C10H10N2O/c13-10-8-4-2-1-3-7(8)9-11-5-6-12(9)10/h1-4,9,11H,5-6H2/t9-/m1/s1. The van der Waals surface area contributed by atoms with Gasteiger partial charge in [-0.3, -0.25) is 10.1 Å². The first-order valence-corrected chi connectivity index (χ1v) is 4.51. The molecule has 1 atom stereocenters. The van der Waals surface area contributed by atoms with Crippen molar-refractivity contribution in [1.29, 1.82) is 0 Å². The summed E-state index contributed by atoms with van der Waals surface area (Å²) in [5.41, 5.74) is 1.99. The average molecular weight is 174 g/mol. The third-order valence-corrected chi connectivity index (χ3v) is 2.75. The molecular weight excluding hydrogens is 164 g/mol. The molecule has 3 heteroatoms. The number of amides is 1. The Kier molecular flexibility index (Phi) is 1.27. The van der Waals surface area contributed by atoms with Crippen molar-refractivity contribution in [1.82, 2.24) is 10.2 Å². The van der Waals surface area contributed by atoms with Crippen LogP contribution in [0.1, 0.15) is 22.1 Å². The SMILES string of the molecule is O=C1c2ccccc2[C@@H]2NCCN12. The van der Waals surface area contributed by atoms with Crippen molar-refractivity contribution in [2.24, 2.45) is 0 Å². The van der Waals surface area contributed by atoms with E-state index in [1.807, 2.05) is 29.2 Å². The average Bonchev–Trinajstić information content (AvgIpc) is 2.72. The molecule has 2 heterocycles. The van der Waals surface area contributed by atoms with E-state index in [0.29, 0.717) is 0 Å². The van der Waals surface area contributed by atoms with E-state index in [4.69, 9.17) is 0 Å². The van der Waals surface area contributed by atoms with Gasteiger partial charge in [-0.05, 0) is 6.07 Å². The lowest BCUT2D eigenvalue weighted by atomic mass is 10.1. The Balaban J connectivity index is 2.19. The fourth-order valence-corrected chi connectivity index (χ4v) is 2.14. The first-order chi connectivity index (χ1) is 6.38. The molecule has 0 saturated carbocycles. The lowest BCUT2D eigenvalue weighted by molar-refractivity contribution is 0.0771. The Bertz CT molecular complexity index is 375. The highest BCUT2D eigenvalue weighted by molar-refractivity contribution is 5.99. The van der Waals surface area contributed by atoms with Crippen LogP contribution in [0.15, 0.2) is 24.3 Å². The molecule has 0 aromatic heterocycles. The second kappa shape index (κ2) is 2.33. The molecule has 1 fully saturated rings. The van der Waals surface area contributed by atoms with Crippen molar-refractivity contribution >= 4 is 5.91 Å². The summed E-state index contributed by atoms with van der Waals surface area (Å²) in [6.45, 7) is 1.74. The molecule has 66 valence electrons. The monoisotopic (exact) mass is 174 g/mol. The molecule has 1 amide bonds. The predicted octanol–water partition coefficient (Wildman–Crippen LogP) is 0.744. The highest BCUT2D eigenvalue weighted by Crippen LogP contribution is 2.33. The number of hydrogen-bond donors (Lipinski definition) is 1. The smallest absolute Gasteiger partial charge is 0.255 e. The Morgan fingerprint density at radius 3 is 3.15 bits per heavy atom. The predicted molar refractivity (Wildman–Crippen MR) is 48.2 cm³/mol. The van der Waals surface area contributed by atoms with E-state index < -0.39 is 0 Å². The van der Waals surface area contributed by atoms with Crippen molar-refractivity contribution in [3.05, 3.63) is 35.4 Å². The molecule has 0 bridgehead atoms. The van der Waals surface area contributed by atoms with E-state index in [1.54, 1.807) is 0 Å². The van der Waals surface area contributed by atoms with Crippen LogP contribution in [0.3, 0.4) is 0 Å². The van der Waals surface area contributed by atoms with Crippen LogP contribution in [-0.4, -0.2) is 23.9 Å². The maximum Gasteiger partial charge on any atom is 0.255 e. The minimum atomic E-state index is 0.142. The van der Waals surface area contributed by atoms with Crippen LogP contribution < -0.4 is 5.32 Å². The molecule has 0 aliphatic carbocycles. The van der Waals surface area contributed by atoms with Gasteiger partial charge in [0.15, 0.2) is 0 Å². The zero-order valence-corrected chi connectivity index (χ0v) is 7.16. The zero-order chi connectivity index (χ0) is 8.84. The normalized spacial score (nSPS) is 24.8. The van der Waals surface area contributed by atoms with Gasteiger partial charge in [-0.25, -0.2) is 0 Å². The van der Waals surface area contributed by atoms with Gasteiger partial charge < -0.3 is 4.90 Å². The molecule has 0 spiro atoms. The summed E-state index contributed by atoms with van der Waals surface area (Å²) >= 11 is 0. The Morgan fingerprint density at radius 2 is 2.23 bits per heavy atom. The fourth-order valence-electron chi connectivity index (χ4n) is 2.14. The van der Waals surface area contributed by atoms with E-state index in [-0.39, 0.29) is 12.1 Å². The van der Waals surface area contributed by atoms with Crippen LogP contribution in [0.4, 0.5) is 0 Å².